The summed E-state index contributed by atoms with van der Waals surface area (Å²) >= 11 is 17.4. The molecule has 0 aliphatic rings. The standard InChI is InChI=1S/C13H12Cl3N3O/c14-5-2-6-18-13(20)9(7-17)8-19-12-10(15)3-1-4-11(12)16/h1,3-4,8,19H,2,5-6H2,(H,18,20)/b9-8-. The highest BCUT2D eigenvalue weighted by molar-refractivity contribution is 6.39. The SMILES string of the molecule is N#C/C(=C/Nc1c(Cl)cccc1Cl)C(=O)NCCCCl. The van der Waals surface area contributed by atoms with Crippen LogP contribution in [0.25, 0.3) is 0 Å². The lowest BCUT2D eigenvalue weighted by atomic mass is 10.2. The molecule has 0 saturated carbocycles. The maximum atomic E-state index is 11.7. The Morgan fingerprint density at radius 2 is 2.00 bits per heavy atom. The number of halogens is 3. The second-order valence-corrected chi connectivity index (χ2v) is 4.90. The third-order valence-electron chi connectivity index (χ3n) is 2.28. The summed E-state index contributed by atoms with van der Waals surface area (Å²) in [5, 5.41) is 15.1. The summed E-state index contributed by atoms with van der Waals surface area (Å²) in [6, 6.07) is 6.80. The van der Waals surface area contributed by atoms with E-state index in [2.05, 4.69) is 10.6 Å². The zero-order valence-corrected chi connectivity index (χ0v) is 12.7. The second kappa shape index (κ2) is 8.70. The molecule has 1 aromatic rings. The molecule has 0 bridgehead atoms. The van der Waals surface area contributed by atoms with E-state index < -0.39 is 5.91 Å². The molecular formula is C13H12Cl3N3O. The first kappa shape index (κ1) is 16.6. The molecule has 0 fully saturated rings. The summed E-state index contributed by atoms with van der Waals surface area (Å²) in [4.78, 5) is 11.7. The van der Waals surface area contributed by atoms with E-state index in [4.69, 9.17) is 40.1 Å². The molecule has 0 heterocycles. The van der Waals surface area contributed by atoms with Gasteiger partial charge in [0.1, 0.15) is 11.6 Å². The normalized spacial score (nSPS) is 10.8. The van der Waals surface area contributed by atoms with Crippen molar-refractivity contribution in [3.05, 3.63) is 40.0 Å². The van der Waals surface area contributed by atoms with Crippen molar-refractivity contribution in [2.24, 2.45) is 0 Å². The average Bonchev–Trinajstić information content (AvgIpc) is 2.42. The van der Waals surface area contributed by atoms with Crippen LogP contribution in [-0.2, 0) is 4.79 Å². The summed E-state index contributed by atoms with van der Waals surface area (Å²) in [7, 11) is 0. The molecule has 106 valence electrons. The van der Waals surface area contributed by atoms with Gasteiger partial charge in [0.05, 0.1) is 15.7 Å². The van der Waals surface area contributed by atoms with Crippen LogP contribution in [0.3, 0.4) is 0 Å². The lowest BCUT2D eigenvalue weighted by Crippen LogP contribution is -2.26. The Labute approximate surface area is 132 Å². The average molecular weight is 333 g/mol. The van der Waals surface area contributed by atoms with Crippen LogP contribution < -0.4 is 10.6 Å². The Hall–Kier alpha value is -1.41. The van der Waals surface area contributed by atoms with Crippen LogP contribution in [0.15, 0.2) is 30.0 Å². The van der Waals surface area contributed by atoms with Crippen molar-refractivity contribution in [1.82, 2.24) is 5.32 Å². The molecule has 1 aromatic carbocycles. The molecule has 0 aromatic heterocycles. The van der Waals surface area contributed by atoms with Crippen molar-refractivity contribution in [3.63, 3.8) is 0 Å². The molecule has 0 unspecified atom stereocenters. The van der Waals surface area contributed by atoms with Crippen molar-refractivity contribution in [2.45, 2.75) is 6.42 Å². The lowest BCUT2D eigenvalue weighted by Gasteiger charge is -2.07. The van der Waals surface area contributed by atoms with Gasteiger partial charge in [-0.05, 0) is 18.6 Å². The Balaban J connectivity index is 2.76. The van der Waals surface area contributed by atoms with Crippen molar-refractivity contribution in [1.29, 1.82) is 5.26 Å². The number of nitriles is 1. The van der Waals surface area contributed by atoms with E-state index in [-0.39, 0.29) is 5.57 Å². The van der Waals surface area contributed by atoms with Crippen LogP contribution in [0.2, 0.25) is 10.0 Å². The molecule has 0 atom stereocenters. The van der Waals surface area contributed by atoms with Crippen LogP contribution in [0.4, 0.5) is 5.69 Å². The molecule has 2 N–H and O–H groups in total. The number of carbonyl (C=O) groups excluding carboxylic acids is 1. The number of nitrogens with zero attached hydrogens (tertiary/aromatic N) is 1. The van der Waals surface area contributed by atoms with Gasteiger partial charge in [0.15, 0.2) is 0 Å². The van der Waals surface area contributed by atoms with E-state index >= 15 is 0 Å². The Bertz CT molecular complexity index is 532. The Morgan fingerprint density at radius 1 is 1.35 bits per heavy atom. The number of amides is 1. The minimum absolute atomic E-state index is 0.0736. The zero-order chi connectivity index (χ0) is 15.0. The summed E-state index contributed by atoms with van der Waals surface area (Å²) < 4.78 is 0. The number of anilines is 1. The van der Waals surface area contributed by atoms with Crippen LogP contribution in [0.5, 0.6) is 0 Å². The van der Waals surface area contributed by atoms with Gasteiger partial charge < -0.3 is 10.6 Å². The van der Waals surface area contributed by atoms with Gasteiger partial charge in [-0.15, -0.1) is 11.6 Å². The molecule has 0 saturated heterocycles. The first-order chi connectivity index (χ1) is 9.60. The molecule has 20 heavy (non-hydrogen) atoms. The fourth-order valence-corrected chi connectivity index (χ4v) is 1.93. The number of hydrogen-bond donors (Lipinski definition) is 2. The van der Waals surface area contributed by atoms with E-state index in [1.165, 1.54) is 6.20 Å². The quantitative estimate of drug-likeness (QED) is 0.362. The maximum absolute atomic E-state index is 11.7. The zero-order valence-electron chi connectivity index (χ0n) is 10.4. The number of carbonyl (C=O) groups is 1. The number of rotatable bonds is 6. The summed E-state index contributed by atoms with van der Waals surface area (Å²) in [6.45, 7) is 0.411. The number of para-hydroxylation sites is 1. The maximum Gasteiger partial charge on any atom is 0.263 e. The van der Waals surface area contributed by atoms with Crippen LogP contribution in [0, 0.1) is 11.3 Å². The van der Waals surface area contributed by atoms with Crippen molar-refractivity contribution in [3.8, 4) is 6.07 Å². The number of benzene rings is 1. The van der Waals surface area contributed by atoms with Gasteiger partial charge in [-0.2, -0.15) is 5.26 Å². The van der Waals surface area contributed by atoms with E-state index in [1.807, 2.05) is 0 Å². The first-order valence-electron chi connectivity index (χ1n) is 5.75. The molecule has 0 spiro atoms. The van der Waals surface area contributed by atoms with E-state index in [1.54, 1.807) is 24.3 Å². The fraction of sp³-hybridized carbons (Fsp3) is 0.231. The molecular weight excluding hydrogens is 321 g/mol. The van der Waals surface area contributed by atoms with E-state index in [9.17, 15) is 4.79 Å². The number of hydrogen-bond acceptors (Lipinski definition) is 3. The largest absolute Gasteiger partial charge is 0.358 e. The summed E-state index contributed by atoms with van der Waals surface area (Å²) in [6.07, 6.45) is 1.90. The van der Waals surface area contributed by atoms with E-state index in [0.29, 0.717) is 34.6 Å². The van der Waals surface area contributed by atoms with Gasteiger partial charge >= 0.3 is 0 Å². The predicted molar refractivity (Wildman–Crippen MR) is 82.1 cm³/mol. The molecule has 0 radical (unpaired) electrons. The summed E-state index contributed by atoms with van der Waals surface area (Å²) in [5.74, 6) is -0.0346. The fourth-order valence-electron chi connectivity index (χ4n) is 1.29. The minimum atomic E-state index is -0.478. The molecule has 0 aliphatic heterocycles. The van der Waals surface area contributed by atoms with Crippen molar-refractivity contribution in [2.75, 3.05) is 17.7 Å². The first-order valence-corrected chi connectivity index (χ1v) is 7.04. The predicted octanol–water partition coefficient (Wildman–Crippen LogP) is 3.56. The lowest BCUT2D eigenvalue weighted by molar-refractivity contribution is -0.117. The van der Waals surface area contributed by atoms with E-state index in [0.717, 1.165) is 0 Å². The molecule has 0 aliphatic carbocycles. The monoisotopic (exact) mass is 331 g/mol. The Morgan fingerprint density at radius 3 is 2.55 bits per heavy atom. The topological polar surface area (TPSA) is 64.9 Å². The summed E-state index contributed by atoms with van der Waals surface area (Å²) in [5.41, 5.74) is 0.368. The van der Waals surface area contributed by atoms with Gasteiger partial charge in [-0.1, -0.05) is 29.3 Å². The second-order valence-electron chi connectivity index (χ2n) is 3.71. The molecule has 7 heteroatoms. The third kappa shape index (κ3) is 4.93. The minimum Gasteiger partial charge on any atom is -0.358 e. The van der Waals surface area contributed by atoms with Gasteiger partial charge in [0, 0.05) is 18.6 Å². The molecule has 1 amide bonds. The number of alkyl halides is 1. The highest BCUT2D eigenvalue weighted by Crippen LogP contribution is 2.29. The van der Waals surface area contributed by atoms with Gasteiger partial charge in [0.25, 0.3) is 5.91 Å². The van der Waals surface area contributed by atoms with Gasteiger partial charge in [0.2, 0.25) is 0 Å². The van der Waals surface area contributed by atoms with Crippen molar-refractivity contribution >= 4 is 46.4 Å². The highest BCUT2D eigenvalue weighted by Gasteiger charge is 2.09. The van der Waals surface area contributed by atoms with Crippen LogP contribution in [0.1, 0.15) is 6.42 Å². The smallest absolute Gasteiger partial charge is 0.263 e. The third-order valence-corrected chi connectivity index (χ3v) is 3.18. The Kier molecular flexibility index (Phi) is 7.24. The van der Waals surface area contributed by atoms with Gasteiger partial charge in [-0.25, -0.2) is 0 Å². The molecule has 4 nitrogen and oxygen atoms in total. The van der Waals surface area contributed by atoms with Crippen molar-refractivity contribution < 1.29 is 4.79 Å². The number of nitrogens with one attached hydrogen (secondary N) is 2. The van der Waals surface area contributed by atoms with Gasteiger partial charge in [-0.3, -0.25) is 4.79 Å². The van der Waals surface area contributed by atoms with Crippen LogP contribution in [-0.4, -0.2) is 18.3 Å². The van der Waals surface area contributed by atoms with Crippen LogP contribution >= 0.6 is 34.8 Å². The highest BCUT2D eigenvalue weighted by atomic mass is 35.5. The molecule has 1 rings (SSSR count).